The van der Waals surface area contributed by atoms with Crippen molar-refractivity contribution in [3.63, 3.8) is 0 Å². The van der Waals surface area contributed by atoms with E-state index in [1.54, 1.807) is 12.1 Å². The third-order valence-electron chi connectivity index (χ3n) is 2.98. The van der Waals surface area contributed by atoms with Gasteiger partial charge >= 0.3 is 0 Å². The lowest BCUT2D eigenvalue weighted by Crippen LogP contribution is -2.29. The van der Waals surface area contributed by atoms with Gasteiger partial charge in [0.05, 0.1) is 5.69 Å². The van der Waals surface area contributed by atoms with Crippen LogP contribution in [0, 0.1) is 5.82 Å². The smallest absolute Gasteiger partial charge is 0.147 e. The maximum Gasteiger partial charge on any atom is 0.147 e. The normalized spacial score (nSPS) is 12.2. The van der Waals surface area contributed by atoms with Crippen LogP contribution in [0.25, 0.3) is 0 Å². The number of thiocarbonyl (C=S) groups is 1. The van der Waals surface area contributed by atoms with Gasteiger partial charge in [0, 0.05) is 18.7 Å². The second kappa shape index (κ2) is 5.96. The van der Waals surface area contributed by atoms with Crippen LogP contribution in [-0.2, 0) is 0 Å². The Labute approximate surface area is 108 Å². The molecule has 1 aromatic rings. The van der Waals surface area contributed by atoms with Gasteiger partial charge in [-0.05, 0) is 31.5 Å². The Bertz CT molecular complexity index is 406. The average Bonchev–Trinajstić information content (AvgIpc) is 2.28. The predicted octanol–water partition coefficient (Wildman–Crippen LogP) is 3.08. The van der Waals surface area contributed by atoms with Crippen LogP contribution in [0.3, 0.4) is 0 Å². The Morgan fingerprint density at radius 3 is 2.65 bits per heavy atom. The van der Waals surface area contributed by atoms with Gasteiger partial charge in [0.15, 0.2) is 0 Å². The van der Waals surface area contributed by atoms with E-state index in [-0.39, 0.29) is 10.8 Å². The van der Waals surface area contributed by atoms with Crippen LogP contribution in [0.4, 0.5) is 10.1 Å². The summed E-state index contributed by atoms with van der Waals surface area (Å²) in [5, 5.41) is 0. The van der Waals surface area contributed by atoms with Gasteiger partial charge in [0.1, 0.15) is 10.8 Å². The Kier molecular flexibility index (Phi) is 4.87. The highest BCUT2D eigenvalue weighted by atomic mass is 32.1. The van der Waals surface area contributed by atoms with Crippen molar-refractivity contribution in [2.24, 2.45) is 5.73 Å². The lowest BCUT2D eigenvalue weighted by atomic mass is 10.1. The van der Waals surface area contributed by atoms with Crippen molar-refractivity contribution in [1.29, 1.82) is 0 Å². The minimum Gasteiger partial charge on any atom is -0.389 e. The summed E-state index contributed by atoms with van der Waals surface area (Å²) in [5.41, 5.74) is 6.62. The van der Waals surface area contributed by atoms with Gasteiger partial charge in [-0.3, -0.25) is 0 Å². The molecule has 0 spiro atoms. The van der Waals surface area contributed by atoms with Crippen molar-refractivity contribution < 1.29 is 4.39 Å². The lowest BCUT2D eigenvalue weighted by molar-refractivity contribution is 0.582. The maximum atomic E-state index is 13.9. The number of hydrogen-bond acceptors (Lipinski definition) is 2. The molecule has 94 valence electrons. The zero-order valence-corrected chi connectivity index (χ0v) is 11.4. The molecule has 1 atom stereocenters. The Balaban J connectivity index is 2.95. The first-order valence-corrected chi connectivity index (χ1v) is 6.20. The standard InChI is InChI=1S/C13H19FN2S/c1-4-5-9(2)16(3)12-7-6-10(13(15)17)8-11(12)14/h6-9H,4-5H2,1-3H3,(H2,15,17). The average molecular weight is 254 g/mol. The topological polar surface area (TPSA) is 29.3 Å². The first kappa shape index (κ1) is 13.9. The molecule has 0 aromatic heterocycles. The van der Waals surface area contributed by atoms with Crippen molar-refractivity contribution >= 4 is 22.9 Å². The van der Waals surface area contributed by atoms with E-state index in [2.05, 4.69) is 13.8 Å². The monoisotopic (exact) mass is 254 g/mol. The highest BCUT2D eigenvalue weighted by molar-refractivity contribution is 7.80. The van der Waals surface area contributed by atoms with Crippen LogP contribution in [0.2, 0.25) is 0 Å². The molecule has 0 amide bonds. The van der Waals surface area contributed by atoms with Crippen LogP contribution in [0.5, 0.6) is 0 Å². The van der Waals surface area contributed by atoms with E-state index in [1.165, 1.54) is 6.07 Å². The molecule has 0 heterocycles. The lowest BCUT2D eigenvalue weighted by Gasteiger charge is -2.27. The number of anilines is 1. The van der Waals surface area contributed by atoms with E-state index in [9.17, 15) is 4.39 Å². The van der Waals surface area contributed by atoms with Gasteiger partial charge < -0.3 is 10.6 Å². The molecule has 1 aromatic carbocycles. The molecule has 0 radical (unpaired) electrons. The number of nitrogens with two attached hydrogens (primary N) is 1. The van der Waals surface area contributed by atoms with Gasteiger partial charge in [-0.25, -0.2) is 4.39 Å². The van der Waals surface area contributed by atoms with Crippen LogP contribution >= 0.6 is 12.2 Å². The van der Waals surface area contributed by atoms with Crippen molar-refractivity contribution in [2.75, 3.05) is 11.9 Å². The zero-order chi connectivity index (χ0) is 13.0. The summed E-state index contributed by atoms with van der Waals surface area (Å²) in [7, 11) is 1.90. The largest absolute Gasteiger partial charge is 0.389 e. The molecule has 0 saturated carbocycles. The summed E-state index contributed by atoms with van der Waals surface area (Å²) >= 11 is 4.82. The molecule has 1 rings (SSSR count). The summed E-state index contributed by atoms with van der Waals surface area (Å²) < 4.78 is 13.9. The summed E-state index contributed by atoms with van der Waals surface area (Å²) in [4.78, 5) is 2.17. The number of rotatable bonds is 5. The molecule has 0 aliphatic carbocycles. The summed E-state index contributed by atoms with van der Waals surface area (Å²) in [6, 6.07) is 5.20. The third-order valence-corrected chi connectivity index (χ3v) is 3.22. The summed E-state index contributed by atoms with van der Waals surface area (Å²) in [6.07, 6.45) is 2.12. The molecule has 0 fully saturated rings. The molecule has 4 heteroatoms. The first-order valence-electron chi connectivity index (χ1n) is 5.79. The van der Waals surface area contributed by atoms with Crippen LogP contribution in [-0.4, -0.2) is 18.1 Å². The van der Waals surface area contributed by atoms with Crippen molar-refractivity contribution in [3.05, 3.63) is 29.6 Å². The van der Waals surface area contributed by atoms with E-state index in [1.807, 2.05) is 11.9 Å². The second-order valence-corrected chi connectivity index (χ2v) is 4.72. The quantitative estimate of drug-likeness (QED) is 0.819. The summed E-state index contributed by atoms with van der Waals surface area (Å²) in [5.74, 6) is -0.277. The molecule has 0 aliphatic heterocycles. The molecular formula is C13H19FN2S. The molecular weight excluding hydrogens is 235 g/mol. The SMILES string of the molecule is CCCC(C)N(C)c1ccc(C(N)=S)cc1F. The predicted molar refractivity (Wildman–Crippen MR) is 75.1 cm³/mol. The number of hydrogen-bond donors (Lipinski definition) is 1. The minimum absolute atomic E-state index is 0.222. The fourth-order valence-electron chi connectivity index (χ4n) is 1.80. The highest BCUT2D eigenvalue weighted by Crippen LogP contribution is 2.22. The fourth-order valence-corrected chi connectivity index (χ4v) is 1.92. The summed E-state index contributed by atoms with van der Waals surface area (Å²) in [6.45, 7) is 4.21. The van der Waals surface area contributed by atoms with E-state index < -0.39 is 0 Å². The molecule has 0 aliphatic rings. The van der Waals surface area contributed by atoms with E-state index in [0.29, 0.717) is 17.3 Å². The van der Waals surface area contributed by atoms with E-state index in [0.717, 1.165) is 12.8 Å². The molecule has 0 saturated heterocycles. The van der Waals surface area contributed by atoms with Crippen LogP contribution in [0.15, 0.2) is 18.2 Å². The fraction of sp³-hybridized carbons (Fsp3) is 0.462. The van der Waals surface area contributed by atoms with Crippen LogP contribution < -0.4 is 10.6 Å². The Hall–Kier alpha value is -1.16. The van der Waals surface area contributed by atoms with Gasteiger partial charge in [-0.1, -0.05) is 25.6 Å². The molecule has 0 bridgehead atoms. The molecule has 17 heavy (non-hydrogen) atoms. The third kappa shape index (κ3) is 3.40. The van der Waals surface area contributed by atoms with Crippen molar-refractivity contribution in [1.82, 2.24) is 0 Å². The first-order chi connectivity index (χ1) is 7.97. The number of benzene rings is 1. The van der Waals surface area contributed by atoms with E-state index in [4.69, 9.17) is 18.0 Å². The zero-order valence-electron chi connectivity index (χ0n) is 10.5. The molecule has 1 unspecified atom stereocenters. The number of halogens is 1. The second-order valence-electron chi connectivity index (χ2n) is 4.28. The Morgan fingerprint density at radius 2 is 2.18 bits per heavy atom. The van der Waals surface area contributed by atoms with Gasteiger partial charge in [-0.15, -0.1) is 0 Å². The minimum atomic E-state index is -0.277. The highest BCUT2D eigenvalue weighted by Gasteiger charge is 2.13. The van der Waals surface area contributed by atoms with Gasteiger partial charge in [-0.2, -0.15) is 0 Å². The number of nitrogens with zero attached hydrogens (tertiary/aromatic N) is 1. The van der Waals surface area contributed by atoms with Crippen LogP contribution in [0.1, 0.15) is 32.3 Å². The van der Waals surface area contributed by atoms with E-state index >= 15 is 0 Å². The van der Waals surface area contributed by atoms with Crippen molar-refractivity contribution in [3.8, 4) is 0 Å². The Morgan fingerprint density at radius 1 is 1.53 bits per heavy atom. The molecule has 2 N–H and O–H groups in total. The van der Waals surface area contributed by atoms with Gasteiger partial charge in [0.2, 0.25) is 0 Å². The van der Waals surface area contributed by atoms with Crippen molar-refractivity contribution in [2.45, 2.75) is 32.7 Å². The van der Waals surface area contributed by atoms with Gasteiger partial charge in [0.25, 0.3) is 0 Å². The molecule has 2 nitrogen and oxygen atoms in total. The maximum absolute atomic E-state index is 13.9.